The molecule has 0 unspecified atom stereocenters. The Balaban J connectivity index is 1.40. The van der Waals surface area contributed by atoms with Gasteiger partial charge in [-0.15, -0.1) is 0 Å². The molecule has 1 aliphatic heterocycles. The minimum absolute atomic E-state index is 0.0423. The van der Waals surface area contributed by atoms with Gasteiger partial charge in [-0.2, -0.15) is 18.3 Å². The van der Waals surface area contributed by atoms with Gasteiger partial charge in [-0.25, -0.2) is 9.97 Å². The molecule has 13 heteroatoms. The van der Waals surface area contributed by atoms with Gasteiger partial charge in [0.1, 0.15) is 5.75 Å². The molecule has 1 saturated heterocycles. The predicted octanol–water partition coefficient (Wildman–Crippen LogP) is 6.12. The van der Waals surface area contributed by atoms with E-state index in [0.717, 1.165) is 67.1 Å². The van der Waals surface area contributed by atoms with Crippen LogP contribution in [0.1, 0.15) is 21.5 Å². The second-order valence-electron chi connectivity index (χ2n) is 11.2. The summed E-state index contributed by atoms with van der Waals surface area (Å²) in [6.07, 6.45) is 0.948. The number of amides is 1. The third-order valence-corrected chi connectivity index (χ3v) is 8.16. The first kappa shape index (κ1) is 32.0. The zero-order chi connectivity index (χ0) is 33.1. The molecule has 1 aliphatic rings. The smallest absolute Gasteiger partial charge is 0.416 e. The predicted molar refractivity (Wildman–Crippen MR) is 174 cm³/mol. The Kier molecular flexibility index (Phi) is 9.10. The molecule has 244 valence electrons. The number of hydrogen-bond donors (Lipinski definition) is 2. The molecule has 2 aromatic heterocycles. The van der Waals surface area contributed by atoms with Gasteiger partial charge in [0.05, 0.1) is 49.7 Å². The molecule has 5 aromatic rings. The van der Waals surface area contributed by atoms with Crippen LogP contribution in [-0.4, -0.2) is 77.6 Å². The summed E-state index contributed by atoms with van der Waals surface area (Å²) in [5.74, 6) is 0.427. The molecule has 1 fully saturated rings. The molecular weight excluding hydrogens is 611 g/mol. The van der Waals surface area contributed by atoms with Crippen LogP contribution in [0.25, 0.3) is 33.2 Å². The Morgan fingerprint density at radius 1 is 1.04 bits per heavy atom. The molecule has 2 N–H and O–H groups in total. The summed E-state index contributed by atoms with van der Waals surface area (Å²) in [6.45, 7) is 6.66. The number of benzene rings is 3. The van der Waals surface area contributed by atoms with Crippen LogP contribution in [0.4, 0.5) is 24.8 Å². The van der Waals surface area contributed by atoms with Gasteiger partial charge in [-0.1, -0.05) is 12.1 Å². The maximum Gasteiger partial charge on any atom is 0.416 e. The van der Waals surface area contributed by atoms with Gasteiger partial charge in [0.15, 0.2) is 0 Å². The number of nitrogens with one attached hydrogen (secondary N) is 2. The quantitative estimate of drug-likeness (QED) is 0.198. The first-order valence-corrected chi connectivity index (χ1v) is 15.1. The number of anilines is 2. The summed E-state index contributed by atoms with van der Waals surface area (Å²) in [5.41, 5.74) is 3.91. The molecule has 0 spiro atoms. The van der Waals surface area contributed by atoms with Crippen molar-refractivity contribution >= 4 is 28.4 Å². The molecule has 0 bridgehead atoms. The van der Waals surface area contributed by atoms with E-state index in [1.54, 1.807) is 44.8 Å². The number of methoxy groups -OCH3 is 1. The molecule has 1 amide bonds. The SMILES string of the molecule is CNc1ncc2cc(-c3cc(C(=O)Nc4cccc(C(F)(F)F)c4)ccc3C)c(OC)c(-c3cnn(CCN4CCOCC4)c3)c2n1. The molecule has 0 atom stereocenters. The van der Waals surface area contributed by atoms with E-state index >= 15 is 0 Å². The second kappa shape index (κ2) is 13.4. The van der Waals surface area contributed by atoms with E-state index in [2.05, 4.69) is 25.6 Å². The number of fused-ring (bicyclic) bond motifs is 1. The van der Waals surface area contributed by atoms with Crippen molar-refractivity contribution in [3.63, 3.8) is 0 Å². The number of aromatic nitrogens is 4. The van der Waals surface area contributed by atoms with E-state index in [1.165, 1.54) is 12.1 Å². The van der Waals surface area contributed by atoms with Crippen LogP contribution < -0.4 is 15.4 Å². The minimum Gasteiger partial charge on any atom is -0.495 e. The Morgan fingerprint density at radius 3 is 2.60 bits per heavy atom. The van der Waals surface area contributed by atoms with Crippen molar-refractivity contribution in [1.29, 1.82) is 0 Å². The van der Waals surface area contributed by atoms with Gasteiger partial charge in [-0.05, 0) is 54.4 Å². The lowest BCUT2D eigenvalue weighted by atomic mass is 9.92. The van der Waals surface area contributed by atoms with Crippen molar-refractivity contribution in [3.05, 3.63) is 83.8 Å². The standard InChI is InChI=1S/C34H34F3N7O3/c1-21-7-8-22(32(45)41-26-6-4-5-25(17-26)34(35,36)37)15-27(21)28-16-23-18-39-33(38-2)42-30(23)29(31(28)46-3)24-19-40-44(20-24)10-9-43-11-13-47-14-12-43/h4-8,15-20H,9-14H2,1-3H3,(H,41,45)(H,38,39,42). The van der Waals surface area contributed by atoms with E-state index < -0.39 is 17.6 Å². The fourth-order valence-electron chi connectivity index (χ4n) is 5.67. The Bertz CT molecular complexity index is 1920. The number of halogens is 3. The summed E-state index contributed by atoms with van der Waals surface area (Å²) >= 11 is 0. The van der Waals surface area contributed by atoms with Gasteiger partial charge in [-0.3, -0.25) is 14.4 Å². The highest BCUT2D eigenvalue weighted by Crippen LogP contribution is 2.44. The van der Waals surface area contributed by atoms with Gasteiger partial charge in [0.2, 0.25) is 5.95 Å². The van der Waals surface area contributed by atoms with Crippen LogP contribution >= 0.6 is 0 Å². The van der Waals surface area contributed by atoms with Crippen molar-refractivity contribution in [1.82, 2.24) is 24.6 Å². The molecular formula is C34H34F3N7O3. The average Bonchev–Trinajstić information content (AvgIpc) is 3.55. The van der Waals surface area contributed by atoms with Crippen molar-refractivity contribution in [3.8, 4) is 28.0 Å². The lowest BCUT2D eigenvalue weighted by Gasteiger charge is -2.26. The second-order valence-corrected chi connectivity index (χ2v) is 11.2. The number of rotatable bonds is 9. The average molecular weight is 646 g/mol. The number of hydrogen-bond acceptors (Lipinski definition) is 8. The number of morpholine rings is 1. The number of carbonyl (C=O) groups excluding carboxylic acids is 1. The zero-order valence-electron chi connectivity index (χ0n) is 26.2. The highest BCUT2D eigenvalue weighted by atomic mass is 19.4. The summed E-state index contributed by atoms with van der Waals surface area (Å²) < 4.78 is 53.2. The van der Waals surface area contributed by atoms with Crippen molar-refractivity contribution in [2.45, 2.75) is 19.6 Å². The topological polar surface area (TPSA) is 106 Å². The van der Waals surface area contributed by atoms with Crippen molar-refractivity contribution in [2.24, 2.45) is 0 Å². The lowest BCUT2D eigenvalue weighted by Crippen LogP contribution is -2.38. The van der Waals surface area contributed by atoms with E-state index in [1.807, 2.05) is 23.9 Å². The fourth-order valence-corrected chi connectivity index (χ4v) is 5.67. The van der Waals surface area contributed by atoms with Crippen LogP contribution in [0.3, 0.4) is 0 Å². The molecule has 6 rings (SSSR count). The molecule has 3 aromatic carbocycles. The molecule has 0 saturated carbocycles. The monoisotopic (exact) mass is 645 g/mol. The molecule has 10 nitrogen and oxygen atoms in total. The normalized spacial score (nSPS) is 13.9. The molecule has 3 heterocycles. The summed E-state index contributed by atoms with van der Waals surface area (Å²) in [4.78, 5) is 24.9. The fraction of sp³-hybridized carbons (Fsp3) is 0.294. The van der Waals surface area contributed by atoms with E-state index in [-0.39, 0.29) is 11.3 Å². The highest BCUT2D eigenvalue weighted by Gasteiger charge is 2.30. The van der Waals surface area contributed by atoms with Gasteiger partial charge in [0, 0.05) is 66.8 Å². The maximum atomic E-state index is 13.3. The van der Waals surface area contributed by atoms with Crippen LogP contribution in [0.15, 0.2) is 67.1 Å². The highest BCUT2D eigenvalue weighted by molar-refractivity contribution is 6.06. The molecule has 0 radical (unpaired) electrons. The van der Waals surface area contributed by atoms with Crippen LogP contribution in [0.5, 0.6) is 5.75 Å². The largest absolute Gasteiger partial charge is 0.495 e. The van der Waals surface area contributed by atoms with Gasteiger partial charge < -0.3 is 20.1 Å². The minimum atomic E-state index is -4.53. The van der Waals surface area contributed by atoms with E-state index in [9.17, 15) is 18.0 Å². The third kappa shape index (κ3) is 6.91. The number of carbonyl (C=O) groups is 1. The third-order valence-electron chi connectivity index (χ3n) is 8.16. The first-order chi connectivity index (χ1) is 22.6. The molecule has 0 aliphatic carbocycles. The van der Waals surface area contributed by atoms with Crippen molar-refractivity contribution < 1.29 is 27.4 Å². The van der Waals surface area contributed by atoms with Crippen molar-refractivity contribution in [2.75, 3.05) is 57.6 Å². The number of ether oxygens (including phenoxy) is 2. The number of nitrogens with zero attached hydrogens (tertiary/aromatic N) is 5. The summed E-state index contributed by atoms with van der Waals surface area (Å²) in [5, 5.41) is 11.0. The Morgan fingerprint density at radius 2 is 1.85 bits per heavy atom. The lowest BCUT2D eigenvalue weighted by molar-refractivity contribution is -0.137. The van der Waals surface area contributed by atoms with Crippen LogP contribution in [-0.2, 0) is 17.5 Å². The summed E-state index contributed by atoms with van der Waals surface area (Å²) in [6, 6.07) is 11.6. The summed E-state index contributed by atoms with van der Waals surface area (Å²) in [7, 11) is 3.33. The number of aryl methyl sites for hydroxylation is 1. The van der Waals surface area contributed by atoms with Gasteiger partial charge >= 0.3 is 6.18 Å². The Labute approximate surface area is 269 Å². The van der Waals surface area contributed by atoms with Crippen LogP contribution in [0, 0.1) is 6.92 Å². The Hall–Kier alpha value is -5.01. The van der Waals surface area contributed by atoms with E-state index in [4.69, 9.17) is 14.5 Å². The molecule has 47 heavy (non-hydrogen) atoms. The van der Waals surface area contributed by atoms with Gasteiger partial charge in [0.25, 0.3) is 5.91 Å². The van der Waals surface area contributed by atoms with Crippen LogP contribution in [0.2, 0.25) is 0 Å². The zero-order valence-corrected chi connectivity index (χ0v) is 26.2. The first-order valence-electron chi connectivity index (χ1n) is 15.1. The van der Waals surface area contributed by atoms with E-state index in [0.29, 0.717) is 34.9 Å². The number of alkyl halides is 3. The maximum absolute atomic E-state index is 13.3.